The minimum atomic E-state index is 0.632. The summed E-state index contributed by atoms with van der Waals surface area (Å²) in [6.07, 6.45) is 5.69. The van der Waals surface area contributed by atoms with Crippen LogP contribution in [0.2, 0.25) is 0 Å². The molecule has 2 rings (SSSR count). The second-order valence-corrected chi connectivity index (χ2v) is 4.02. The Balaban J connectivity index is 1.95. The van der Waals surface area contributed by atoms with Gasteiger partial charge in [0.15, 0.2) is 0 Å². The lowest BCUT2D eigenvalue weighted by Crippen LogP contribution is -2.26. The molecule has 0 saturated heterocycles. The van der Waals surface area contributed by atoms with Gasteiger partial charge in [0.1, 0.15) is 0 Å². The average Bonchev–Trinajstić information content (AvgIpc) is 2.31. The second-order valence-electron chi connectivity index (χ2n) is 4.02. The van der Waals surface area contributed by atoms with Gasteiger partial charge in [-0.15, -0.1) is 0 Å². The highest BCUT2D eigenvalue weighted by Gasteiger charge is 2.06. The number of hydrogen-bond donors (Lipinski definition) is 1. The van der Waals surface area contributed by atoms with Crippen molar-refractivity contribution in [1.82, 2.24) is 4.90 Å². The summed E-state index contributed by atoms with van der Waals surface area (Å²) in [5.41, 5.74) is 8.15. The molecule has 0 spiro atoms. The molecule has 1 heterocycles. The smallest absolute Gasteiger partial charge is 0.0237 e. The molecule has 0 bridgehead atoms. The van der Waals surface area contributed by atoms with Crippen molar-refractivity contribution in [2.24, 2.45) is 5.73 Å². The summed E-state index contributed by atoms with van der Waals surface area (Å²) in [5, 5.41) is 0. The van der Waals surface area contributed by atoms with Crippen LogP contribution in [-0.4, -0.2) is 18.0 Å². The van der Waals surface area contributed by atoms with Gasteiger partial charge >= 0.3 is 0 Å². The lowest BCUT2D eigenvalue weighted by atomic mass is 10.1. The molecule has 1 aliphatic rings. The van der Waals surface area contributed by atoms with E-state index in [-0.39, 0.29) is 0 Å². The highest BCUT2D eigenvalue weighted by atomic mass is 15.1. The van der Waals surface area contributed by atoms with Crippen LogP contribution in [0, 0.1) is 0 Å². The third kappa shape index (κ3) is 2.91. The summed E-state index contributed by atoms with van der Waals surface area (Å²) >= 11 is 0. The first kappa shape index (κ1) is 10.4. The highest BCUT2D eigenvalue weighted by Crippen LogP contribution is 2.09. The van der Waals surface area contributed by atoms with E-state index in [1.54, 1.807) is 0 Å². The van der Waals surface area contributed by atoms with E-state index in [1.807, 2.05) is 0 Å². The molecule has 0 aromatic heterocycles. The first-order valence-electron chi connectivity index (χ1n) is 5.54. The van der Waals surface area contributed by atoms with Crippen LogP contribution >= 0.6 is 0 Å². The zero-order valence-corrected chi connectivity index (χ0v) is 9.02. The summed E-state index contributed by atoms with van der Waals surface area (Å²) in [5.74, 6) is 0. The van der Waals surface area contributed by atoms with Crippen LogP contribution in [-0.2, 0) is 13.1 Å². The first-order chi connectivity index (χ1) is 7.38. The van der Waals surface area contributed by atoms with Crippen molar-refractivity contribution >= 4 is 0 Å². The predicted octanol–water partition coefficient (Wildman–Crippen LogP) is 1.91. The molecule has 1 aliphatic heterocycles. The van der Waals surface area contributed by atoms with Crippen LogP contribution in [0.5, 0.6) is 0 Å². The zero-order valence-electron chi connectivity index (χ0n) is 9.02. The Morgan fingerprint density at radius 3 is 2.40 bits per heavy atom. The maximum Gasteiger partial charge on any atom is 0.0237 e. The van der Waals surface area contributed by atoms with Gasteiger partial charge in [-0.3, -0.25) is 4.90 Å². The molecule has 1 aromatic rings. The number of rotatable bonds is 3. The molecule has 2 nitrogen and oxygen atoms in total. The van der Waals surface area contributed by atoms with Crippen molar-refractivity contribution in [2.75, 3.05) is 13.1 Å². The van der Waals surface area contributed by atoms with Crippen molar-refractivity contribution in [1.29, 1.82) is 0 Å². The molecule has 0 aliphatic carbocycles. The molecule has 0 saturated carbocycles. The molecular formula is C13H18N2. The van der Waals surface area contributed by atoms with E-state index in [9.17, 15) is 0 Å². The molecule has 1 aromatic carbocycles. The number of nitrogens with zero attached hydrogens (tertiary/aromatic N) is 1. The quantitative estimate of drug-likeness (QED) is 0.759. The molecule has 0 unspecified atom stereocenters. The SMILES string of the molecule is NCc1ccc(CN2CC=CCC2)cc1. The third-order valence-electron chi connectivity index (χ3n) is 2.81. The number of benzene rings is 1. The molecule has 0 atom stereocenters. The maximum atomic E-state index is 5.56. The Bertz CT molecular complexity index is 327. The summed E-state index contributed by atoms with van der Waals surface area (Å²) in [4.78, 5) is 2.46. The average molecular weight is 202 g/mol. The Morgan fingerprint density at radius 1 is 1.07 bits per heavy atom. The van der Waals surface area contributed by atoms with Crippen molar-refractivity contribution < 1.29 is 0 Å². The summed E-state index contributed by atoms with van der Waals surface area (Å²) < 4.78 is 0. The van der Waals surface area contributed by atoms with Gasteiger partial charge in [0.25, 0.3) is 0 Å². The van der Waals surface area contributed by atoms with E-state index in [2.05, 4.69) is 41.3 Å². The van der Waals surface area contributed by atoms with Crippen molar-refractivity contribution in [2.45, 2.75) is 19.5 Å². The minimum absolute atomic E-state index is 0.632. The fourth-order valence-corrected chi connectivity index (χ4v) is 1.87. The Morgan fingerprint density at radius 2 is 1.80 bits per heavy atom. The highest BCUT2D eigenvalue weighted by molar-refractivity contribution is 5.22. The lowest BCUT2D eigenvalue weighted by Gasteiger charge is -2.22. The fourth-order valence-electron chi connectivity index (χ4n) is 1.87. The van der Waals surface area contributed by atoms with Crippen molar-refractivity contribution in [3.05, 3.63) is 47.5 Å². The van der Waals surface area contributed by atoms with Crippen LogP contribution in [0.4, 0.5) is 0 Å². The van der Waals surface area contributed by atoms with Gasteiger partial charge in [-0.2, -0.15) is 0 Å². The molecule has 2 N–H and O–H groups in total. The van der Waals surface area contributed by atoms with Gasteiger partial charge in [-0.05, 0) is 17.5 Å². The topological polar surface area (TPSA) is 29.3 Å². The lowest BCUT2D eigenvalue weighted by molar-refractivity contribution is 0.290. The number of nitrogens with two attached hydrogens (primary N) is 1. The first-order valence-corrected chi connectivity index (χ1v) is 5.54. The van der Waals surface area contributed by atoms with E-state index >= 15 is 0 Å². The second kappa shape index (κ2) is 5.10. The van der Waals surface area contributed by atoms with Crippen LogP contribution < -0.4 is 5.73 Å². The fraction of sp³-hybridized carbons (Fsp3) is 0.385. The van der Waals surface area contributed by atoms with Crippen LogP contribution in [0.1, 0.15) is 17.5 Å². The summed E-state index contributed by atoms with van der Waals surface area (Å²) in [6, 6.07) is 8.60. The van der Waals surface area contributed by atoms with Crippen molar-refractivity contribution in [3.8, 4) is 0 Å². The van der Waals surface area contributed by atoms with E-state index in [4.69, 9.17) is 5.73 Å². The summed E-state index contributed by atoms with van der Waals surface area (Å²) in [6.45, 7) is 3.94. The molecule has 2 heteroatoms. The molecule has 80 valence electrons. The van der Waals surface area contributed by atoms with Crippen LogP contribution in [0.3, 0.4) is 0 Å². The predicted molar refractivity (Wildman–Crippen MR) is 63.4 cm³/mol. The third-order valence-corrected chi connectivity index (χ3v) is 2.81. The van der Waals surface area contributed by atoms with Gasteiger partial charge < -0.3 is 5.73 Å². The maximum absolute atomic E-state index is 5.56. The van der Waals surface area contributed by atoms with Crippen LogP contribution in [0.25, 0.3) is 0 Å². The van der Waals surface area contributed by atoms with E-state index in [1.165, 1.54) is 24.1 Å². The van der Waals surface area contributed by atoms with E-state index in [0.29, 0.717) is 6.54 Å². The normalized spacial score (nSPS) is 16.9. The largest absolute Gasteiger partial charge is 0.326 e. The van der Waals surface area contributed by atoms with E-state index < -0.39 is 0 Å². The van der Waals surface area contributed by atoms with Gasteiger partial charge in [0, 0.05) is 26.2 Å². The standard InChI is InChI=1S/C13H18N2/c14-10-12-4-6-13(7-5-12)11-15-8-2-1-3-9-15/h1-2,4-7H,3,8-11,14H2. The van der Waals surface area contributed by atoms with Crippen molar-refractivity contribution in [3.63, 3.8) is 0 Å². The monoisotopic (exact) mass is 202 g/mol. The summed E-state index contributed by atoms with van der Waals surface area (Å²) in [7, 11) is 0. The van der Waals surface area contributed by atoms with Crippen LogP contribution in [0.15, 0.2) is 36.4 Å². The van der Waals surface area contributed by atoms with Gasteiger partial charge in [-0.1, -0.05) is 36.4 Å². The molecule has 0 radical (unpaired) electrons. The van der Waals surface area contributed by atoms with Gasteiger partial charge in [0.05, 0.1) is 0 Å². The Labute approximate surface area is 91.4 Å². The molecule has 15 heavy (non-hydrogen) atoms. The minimum Gasteiger partial charge on any atom is -0.326 e. The Kier molecular flexibility index (Phi) is 3.54. The molecule has 0 fully saturated rings. The Hall–Kier alpha value is -1.12. The number of hydrogen-bond acceptors (Lipinski definition) is 2. The molecule has 0 amide bonds. The molecular weight excluding hydrogens is 184 g/mol. The van der Waals surface area contributed by atoms with Gasteiger partial charge in [0.2, 0.25) is 0 Å². The van der Waals surface area contributed by atoms with E-state index in [0.717, 1.165) is 13.1 Å². The zero-order chi connectivity index (χ0) is 10.5. The van der Waals surface area contributed by atoms with Gasteiger partial charge in [-0.25, -0.2) is 0 Å².